The third-order valence-electron chi connectivity index (χ3n) is 9.70. The van der Waals surface area contributed by atoms with E-state index in [4.69, 9.17) is 9.72 Å². The molecule has 2 saturated heterocycles. The number of carbonyl (C=O) groups excluding carboxylic acids is 2. The van der Waals surface area contributed by atoms with Crippen molar-refractivity contribution >= 4 is 45.6 Å². The molecular weight excluding hydrogens is 660 g/mol. The Bertz CT molecular complexity index is 2140. The number of nitrogens with zero attached hydrogens (tertiary/aromatic N) is 9. The van der Waals surface area contributed by atoms with Crippen molar-refractivity contribution in [3.63, 3.8) is 0 Å². The van der Waals surface area contributed by atoms with E-state index in [1.165, 1.54) is 6.07 Å². The predicted molar refractivity (Wildman–Crippen MR) is 187 cm³/mol. The Hall–Kier alpha value is -5.02. The van der Waals surface area contributed by atoms with Crippen LogP contribution in [0, 0.1) is 11.2 Å². The Morgan fingerprint density at radius 1 is 1.14 bits per heavy atom. The number of nitrogens with one attached hydrogen (secondary N) is 1. The number of aryl methyl sites for hydroxylation is 1. The average Bonchev–Trinajstić information content (AvgIpc) is 3.95. The molecule has 7 heterocycles. The van der Waals surface area contributed by atoms with Crippen LogP contribution in [0.1, 0.15) is 38.1 Å². The first-order valence-electron chi connectivity index (χ1n) is 16.8. The lowest BCUT2D eigenvalue weighted by atomic mass is 9.85. The molecule has 4 aromatic heterocycles. The number of anilines is 1. The number of rotatable bonds is 8. The number of likely N-dealkylation sites (tertiary alicyclic amines) is 1. The van der Waals surface area contributed by atoms with Gasteiger partial charge in [0.25, 0.3) is 0 Å². The summed E-state index contributed by atoms with van der Waals surface area (Å²) in [5.74, 6) is 0.997. The minimum absolute atomic E-state index is 0.0276. The van der Waals surface area contributed by atoms with E-state index in [2.05, 4.69) is 36.2 Å². The lowest BCUT2D eigenvalue weighted by molar-refractivity contribution is -0.132. The van der Waals surface area contributed by atoms with Crippen LogP contribution in [0.5, 0.6) is 5.75 Å². The normalized spacial score (nSPS) is 19.8. The monoisotopic (exact) mass is 696 g/mol. The van der Waals surface area contributed by atoms with Crippen LogP contribution < -0.4 is 9.64 Å². The van der Waals surface area contributed by atoms with Gasteiger partial charge in [-0.05, 0) is 75.6 Å². The Morgan fingerprint density at radius 2 is 2.00 bits per heavy atom. The molecule has 0 radical (unpaired) electrons. The molecule has 2 fully saturated rings. The van der Waals surface area contributed by atoms with Gasteiger partial charge in [0, 0.05) is 45.0 Å². The molecule has 0 saturated carbocycles. The van der Waals surface area contributed by atoms with Crippen LogP contribution in [0.4, 0.5) is 10.2 Å². The van der Waals surface area contributed by atoms with Gasteiger partial charge in [-0.3, -0.25) is 29.2 Å². The zero-order chi connectivity index (χ0) is 34.6. The van der Waals surface area contributed by atoms with E-state index in [-0.39, 0.29) is 30.2 Å². The number of pyridine rings is 1. The van der Waals surface area contributed by atoms with Crippen molar-refractivity contribution in [3.05, 3.63) is 59.8 Å². The Kier molecular flexibility index (Phi) is 8.18. The van der Waals surface area contributed by atoms with E-state index < -0.39 is 11.2 Å². The molecule has 3 aliphatic heterocycles. The summed E-state index contributed by atoms with van der Waals surface area (Å²) < 4.78 is 22.0. The van der Waals surface area contributed by atoms with Crippen LogP contribution in [0.2, 0.25) is 0 Å². The fourth-order valence-electron chi connectivity index (χ4n) is 7.11. The molecule has 1 spiro atoms. The SMILES string of the molecule is CC(C)Oc1ccc(-c2n[nH]c3ccc(N4CC[C@]5(CCN(CC(=O)N6CC=C(c7ncc(-c8ncn(C)n8)s7)CC6)C5)C4=O)nc23)cc1F. The highest BCUT2D eigenvalue weighted by Crippen LogP contribution is 2.42. The van der Waals surface area contributed by atoms with Crippen molar-refractivity contribution in [1.82, 2.24) is 44.7 Å². The molecule has 8 rings (SSSR count). The number of hydrogen-bond donors (Lipinski definition) is 1. The molecule has 15 heteroatoms. The van der Waals surface area contributed by atoms with Gasteiger partial charge in [0.2, 0.25) is 11.8 Å². The minimum Gasteiger partial charge on any atom is -0.488 e. The zero-order valence-electron chi connectivity index (χ0n) is 28.1. The van der Waals surface area contributed by atoms with Gasteiger partial charge >= 0.3 is 0 Å². The second kappa shape index (κ2) is 12.7. The maximum atomic E-state index is 14.8. The number of benzene rings is 1. The summed E-state index contributed by atoms with van der Waals surface area (Å²) in [5.41, 5.74) is 2.90. The Balaban J connectivity index is 0.904. The number of aromatic amines is 1. The Morgan fingerprint density at radius 3 is 2.76 bits per heavy atom. The molecule has 1 aromatic carbocycles. The number of amides is 2. The van der Waals surface area contributed by atoms with E-state index >= 15 is 0 Å². The molecular formula is C35H37FN10O3S. The second-order valence-corrected chi connectivity index (χ2v) is 14.5. The van der Waals surface area contributed by atoms with Gasteiger partial charge in [-0.2, -0.15) is 10.2 Å². The van der Waals surface area contributed by atoms with Crippen molar-refractivity contribution in [2.75, 3.05) is 44.2 Å². The standard InChI is InChI=1S/C35H37FN10O3S/c1-21(2)49-26-6-4-23(16-24(26)36)30-31-25(40-41-30)5-7-28(39-31)46-15-11-35(34(46)48)10-14-44(19-35)18-29(47)45-12-8-22(9-13-45)33-37-17-27(50-33)32-38-20-43(3)42-32/h4-8,16-17,20-21H,9-15,18-19H2,1-3H3,(H,40,41)/t35-/m0/s1. The highest BCUT2D eigenvalue weighted by molar-refractivity contribution is 7.16. The summed E-state index contributed by atoms with van der Waals surface area (Å²) in [5, 5.41) is 12.7. The van der Waals surface area contributed by atoms with E-state index in [0.717, 1.165) is 21.9 Å². The van der Waals surface area contributed by atoms with Crippen LogP contribution in [0.3, 0.4) is 0 Å². The van der Waals surface area contributed by atoms with Crippen LogP contribution in [0.25, 0.3) is 38.6 Å². The summed E-state index contributed by atoms with van der Waals surface area (Å²) in [6.45, 7) is 6.89. The summed E-state index contributed by atoms with van der Waals surface area (Å²) in [6, 6.07) is 8.41. The van der Waals surface area contributed by atoms with E-state index in [9.17, 15) is 14.0 Å². The lowest BCUT2D eigenvalue weighted by Gasteiger charge is -2.28. The van der Waals surface area contributed by atoms with Gasteiger partial charge in [0.1, 0.15) is 28.4 Å². The molecule has 50 heavy (non-hydrogen) atoms. The number of fused-ring (bicyclic) bond motifs is 1. The first-order chi connectivity index (χ1) is 24.2. The third kappa shape index (κ3) is 5.93. The number of hydrogen-bond acceptors (Lipinski definition) is 10. The molecule has 5 aromatic rings. The third-order valence-corrected chi connectivity index (χ3v) is 10.8. The van der Waals surface area contributed by atoms with Crippen molar-refractivity contribution in [2.24, 2.45) is 12.5 Å². The highest BCUT2D eigenvalue weighted by Gasteiger charge is 2.51. The van der Waals surface area contributed by atoms with Crippen LogP contribution in [-0.2, 0) is 16.6 Å². The topological polar surface area (TPSA) is 138 Å². The first kappa shape index (κ1) is 32.2. The summed E-state index contributed by atoms with van der Waals surface area (Å²) in [4.78, 5) is 47.7. The van der Waals surface area contributed by atoms with Crippen molar-refractivity contribution in [2.45, 2.75) is 39.2 Å². The van der Waals surface area contributed by atoms with Crippen molar-refractivity contribution in [3.8, 4) is 27.7 Å². The minimum atomic E-state index is -0.550. The number of H-pyrrole nitrogens is 1. The summed E-state index contributed by atoms with van der Waals surface area (Å²) in [6.07, 6.45) is 7.52. The van der Waals surface area contributed by atoms with Gasteiger partial charge in [-0.15, -0.1) is 11.3 Å². The maximum Gasteiger partial charge on any atom is 0.237 e. The molecule has 1 atom stereocenters. The van der Waals surface area contributed by atoms with Gasteiger partial charge in [0.15, 0.2) is 17.4 Å². The molecule has 3 aliphatic rings. The second-order valence-electron chi connectivity index (χ2n) is 13.5. The quantitative estimate of drug-likeness (QED) is 0.248. The van der Waals surface area contributed by atoms with Crippen LogP contribution >= 0.6 is 11.3 Å². The maximum absolute atomic E-state index is 14.8. The number of carbonyl (C=O) groups is 2. The predicted octanol–water partition coefficient (Wildman–Crippen LogP) is 4.55. The largest absolute Gasteiger partial charge is 0.488 e. The van der Waals surface area contributed by atoms with Crippen molar-refractivity contribution < 1.29 is 18.7 Å². The average molecular weight is 697 g/mol. The van der Waals surface area contributed by atoms with Crippen LogP contribution in [0.15, 0.2) is 48.9 Å². The van der Waals surface area contributed by atoms with E-state index in [0.29, 0.717) is 79.5 Å². The fraction of sp³-hybridized carbons (Fsp3) is 0.400. The molecule has 2 amide bonds. The molecule has 0 aliphatic carbocycles. The summed E-state index contributed by atoms with van der Waals surface area (Å²) >= 11 is 1.56. The fourth-order valence-corrected chi connectivity index (χ4v) is 8.03. The zero-order valence-corrected chi connectivity index (χ0v) is 28.9. The number of ether oxygens (including phenoxy) is 1. The van der Waals surface area contributed by atoms with Crippen molar-refractivity contribution in [1.29, 1.82) is 0 Å². The molecule has 0 unspecified atom stereocenters. The summed E-state index contributed by atoms with van der Waals surface area (Å²) in [7, 11) is 1.84. The smallest absolute Gasteiger partial charge is 0.237 e. The molecule has 258 valence electrons. The Labute approximate surface area is 291 Å². The van der Waals surface area contributed by atoms with Gasteiger partial charge < -0.3 is 9.64 Å². The lowest BCUT2D eigenvalue weighted by Crippen LogP contribution is -2.43. The van der Waals surface area contributed by atoms with Gasteiger partial charge in [0.05, 0.1) is 28.5 Å². The number of aromatic nitrogens is 7. The molecule has 1 N–H and O–H groups in total. The first-order valence-corrected chi connectivity index (χ1v) is 17.6. The van der Waals surface area contributed by atoms with Gasteiger partial charge in [-0.1, -0.05) is 6.08 Å². The number of halogens is 1. The molecule has 0 bridgehead atoms. The van der Waals surface area contributed by atoms with Gasteiger partial charge in [-0.25, -0.2) is 19.3 Å². The van der Waals surface area contributed by atoms with Crippen LogP contribution in [-0.4, -0.2) is 102 Å². The molecule has 13 nitrogen and oxygen atoms in total. The number of thiazole rings is 1. The highest BCUT2D eigenvalue weighted by atomic mass is 32.1. The van der Waals surface area contributed by atoms with E-state index in [1.54, 1.807) is 45.6 Å². The van der Waals surface area contributed by atoms with E-state index in [1.807, 2.05) is 37.9 Å².